The highest BCUT2D eigenvalue weighted by molar-refractivity contribution is 7.87. The lowest BCUT2D eigenvalue weighted by atomic mass is 10.1. The van der Waals surface area contributed by atoms with Gasteiger partial charge in [0.05, 0.1) is 35.2 Å². The molecule has 0 radical (unpaired) electrons. The van der Waals surface area contributed by atoms with Gasteiger partial charge in [0.15, 0.2) is 8.32 Å². The van der Waals surface area contributed by atoms with E-state index in [9.17, 15) is 21.9 Å². The summed E-state index contributed by atoms with van der Waals surface area (Å²) in [6.45, 7) is 10.2. The quantitative estimate of drug-likeness (QED) is 0.0742. The number of aryl methyl sites for hydroxylation is 4. The van der Waals surface area contributed by atoms with E-state index in [0.29, 0.717) is 12.8 Å². The third-order valence-corrected chi connectivity index (χ3v) is 16.3. The second-order valence-electron chi connectivity index (χ2n) is 12.8. The molecule has 0 aliphatic heterocycles. The van der Waals surface area contributed by atoms with Crippen molar-refractivity contribution in [2.75, 3.05) is 13.2 Å². The highest BCUT2D eigenvalue weighted by Gasteiger charge is 2.33. The van der Waals surface area contributed by atoms with Crippen LogP contribution in [0.4, 0.5) is 0 Å². The molecular weight excluding hydrogens is 713 g/mol. The number of benzene rings is 4. The number of hydrogen-bond acceptors (Lipinski definition) is 8. The third kappa shape index (κ3) is 15.1. The summed E-state index contributed by atoms with van der Waals surface area (Å²) in [7, 11) is -9.49. The van der Waals surface area contributed by atoms with Gasteiger partial charge < -0.3 is 9.53 Å². The van der Waals surface area contributed by atoms with Gasteiger partial charge in [0.25, 0.3) is 20.2 Å². The van der Waals surface area contributed by atoms with E-state index in [4.69, 9.17) is 12.8 Å². The van der Waals surface area contributed by atoms with Gasteiger partial charge in [0.1, 0.15) is 0 Å². The van der Waals surface area contributed by atoms with Crippen molar-refractivity contribution in [2.45, 2.75) is 108 Å². The Morgan fingerprint density at radius 2 is 0.962 bits per heavy atom. The molecule has 4 aromatic carbocycles. The van der Waals surface area contributed by atoms with Crippen molar-refractivity contribution in [1.29, 1.82) is 0 Å². The van der Waals surface area contributed by atoms with Crippen molar-refractivity contribution in [2.24, 2.45) is 0 Å². The summed E-state index contributed by atoms with van der Waals surface area (Å²) in [6.07, 6.45) is 1.65. The first-order valence-electron chi connectivity index (χ1n) is 17.7. The van der Waals surface area contributed by atoms with Crippen LogP contribution >= 0.6 is 0 Å². The highest BCUT2D eigenvalue weighted by atomic mass is 32.2. The molecule has 4 rings (SSSR count). The fourth-order valence-electron chi connectivity index (χ4n) is 5.44. The fourth-order valence-corrected chi connectivity index (χ4v) is 10.2. The fraction of sp³-hybridized carbons (Fsp3) is 0.415. The molecule has 0 heterocycles. The van der Waals surface area contributed by atoms with Gasteiger partial charge in [-0.25, -0.2) is 0 Å². The van der Waals surface area contributed by atoms with Gasteiger partial charge in [0.2, 0.25) is 0 Å². The summed E-state index contributed by atoms with van der Waals surface area (Å²) < 4.78 is 66.2. The van der Waals surface area contributed by atoms with Crippen LogP contribution in [0.15, 0.2) is 119 Å². The number of aliphatic hydroxyl groups excluding tert-OH is 1. The second kappa shape index (κ2) is 22.1. The Labute approximate surface area is 314 Å². The lowest BCUT2D eigenvalue weighted by Gasteiger charge is -2.33. The highest BCUT2D eigenvalue weighted by Crippen LogP contribution is 2.26. The van der Waals surface area contributed by atoms with Crippen LogP contribution in [0.5, 0.6) is 0 Å². The molecular formula is C41H58O8S2Si. The molecule has 8 nitrogen and oxygen atoms in total. The SMILES string of the molecule is C.CC[Si](CC)(CC)O[C@@H](CCc1ccccc1)COS(=O)(=O)c1ccc(C)cc1.Cc1ccc(S(=O)(=O)OC[C@@H](O)CCc2ccccc2)cc1. The summed E-state index contributed by atoms with van der Waals surface area (Å²) in [5.41, 5.74) is 4.31. The standard InChI is InChI=1S/C23H34O4SSi.C17H20O4S.CH4/c1-5-29(6-2,7-3)27-22(16-15-21-11-9-8-10-12-21)19-26-28(24,25)23-17-13-20(4)14-18-23;1-14-7-11-17(12-8-14)22(19,20)21-13-16(18)10-9-15-5-3-2-4-6-15;/h8-14,17-18,22H,5-7,15-16,19H2,1-4H3;2-8,11-12,16,18H,9-10,13H2,1H3;1H4/t22-;16-;/m00./s1. The molecule has 52 heavy (non-hydrogen) atoms. The van der Waals surface area contributed by atoms with Gasteiger partial charge in [0, 0.05) is 0 Å². The topological polar surface area (TPSA) is 116 Å². The van der Waals surface area contributed by atoms with Crippen LogP contribution in [0.1, 0.15) is 63.3 Å². The van der Waals surface area contributed by atoms with Crippen molar-refractivity contribution in [3.63, 3.8) is 0 Å². The largest absolute Gasteiger partial charge is 0.412 e. The molecule has 286 valence electrons. The molecule has 4 aromatic rings. The zero-order chi connectivity index (χ0) is 37.3. The van der Waals surface area contributed by atoms with Gasteiger partial charge in [-0.1, -0.05) is 124 Å². The maximum atomic E-state index is 12.6. The molecule has 0 bridgehead atoms. The van der Waals surface area contributed by atoms with Crippen LogP contribution in [-0.2, 0) is 45.9 Å². The lowest BCUT2D eigenvalue weighted by molar-refractivity contribution is 0.103. The number of hydrogen-bond donors (Lipinski definition) is 1. The van der Waals surface area contributed by atoms with Gasteiger partial charge >= 0.3 is 0 Å². The zero-order valence-electron chi connectivity index (χ0n) is 30.5. The average Bonchev–Trinajstić information content (AvgIpc) is 3.14. The molecule has 0 aliphatic rings. The summed E-state index contributed by atoms with van der Waals surface area (Å²) in [6, 6.07) is 36.2. The average molecular weight is 771 g/mol. The first kappa shape index (κ1) is 45.0. The predicted molar refractivity (Wildman–Crippen MR) is 213 cm³/mol. The minimum atomic E-state index is -3.82. The van der Waals surface area contributed by atoms with Crippen LogP contribution in [0.2, 0.25) is 18.1 Å². The molecule has 11 heteroatoms. The predicted octanol–water partition coefficient (Wildman–Crippen LogP) is 9.05. The number of rotatable bonds is 19. The van der Waals surface area contributed by atoms with Crippen molar-refractivity contribution in [3.8, 4) is 0 Å². The monoisotopic (exact) mass is 770 g/mol. The maximum Gasteiger partial charge on any atom is 0.297 e. The molecule has 0 aromatic heterocycles. The van der Waals surface area contributed by atoms with E-state index in [1.807, 2.05) is 62.4 Å². The van der Waals surface area contributed by atoms with E-state index in [1.165, 1.54) is 17.7 Å². The Hall–Kier alpha value is -3.16. The lowest BCUT2D eigenvalue weighted by Crippen LogP contribution is -2.42. The van der Waals surface area contributed by atoms with Crippen LogP contribution in [0.25, 0.3) is 0 Å². The molecule has 0 saturated heterocycles. The van der Waals surface area contributed by atoms with Crippen LogP contribution in [0, 0.1) is 13.8 Å². The minimum absolute atomic E-state index is 0. The summed E-state index contributed by atoms with van der Waals surface area (Å²) >= 11 is 0. The normalized spacial score (nSPS) is 13.0. The van der Waals surface area contributed by atoms with Crippen molar-refractivity contribution < 1.29 is 34.7 Å². The van der Waals surface area contributed by atoms with Crippen LogP contribution in [0.3, 0.4) is 0 Å². The van der Waals surface area contributed by atoms with Crippen LogP contribution < -0.4 is 0 Å². The van der Waals surface area contributed by atoms with Gasteiger partial charge in [-0.2, -0.15) is 16.8 Å². The summed E-state index contributed by atoms with van der Waals surface area (Å²) in [4.78, 5) is 0.295. The molecule has 0 aliphatic carbocycles. The van der Waals surface area contributed by atoms with Crippen molar-refractivity contribution >= 4 is 28.6 Å². The van der Waals surface area contributed by atoms with Crippen LogP contribution in [-0.4, -0.2) is 55.7 Å². The van der Waals surface area contributed by atoms with E-state index in [-0.39, 0.29) is 36.5 Å². The summed E-state index contributed by atoms with van der Waals surface area (Å²) in [5, 5.41) is 9.88. The molecule has 1 N–H and O–H groups in total. The zero-order valence-corrected chi connectivity index (χ0v) is 33.2. The minimum Gasteiger partial charge on any atom is -0.412 e. The Balaban J connectivity index is 0.000000366. The van der Waals surface area contributed by atoms with Crippen molar-refractivity contribution in [1.82, 2.24) is 0 Å². The second-order valence-corrected chi connectivity index (χ2v) is 20.7. The Morgan fingerprint density at radius 1 is 0.577 bits per heavy atom. The number of aliphatic hydroxyl groups is 1. The molecule has 2 atom stereocenters. The van der Waals surface area contributed by atoms with E-state index >= 15 is 0 Å². The van der Waals surface area contributed by atoms with Crippen molar-refractivity contribution in [3.05, 3.63) is 131 Å². The first-order valence-corrected chi connectivity index (χ1v) is 23.0. The molecule has 0 spiro atoms. The first-order chi connectivity index (χ1) is 24.3. The van der Waals surface area contributed by atoms with Gasteiger partial charge in [-0.05, 0) is 93.1 Å². The van der Waals surface area contributed by atoms with E-state index in [0.717, 1.165) is 47.7 Å². The third-order valence-electron chi connectivity index (χ3n) is 9.00. The van der Waals surface area contributed by atoms with E-state index < -0.39 is 34.7 Å². The van der Waals surface area contributed by atoms with Gasteiger partial charge in [-0.3, -0.25) is 8.37 Å². The maximum absolute atomic E-state index is 12.6. The Kier molecular flexibility index (Phi) is 19.2. The van der Waals surface area contributed by atoms with Gasteiger partial charge in [-0.15, -0.1) is 0 Å². The van der Waals surface area contributed by atoms with E-state index in [2.05, 4.69) is 32.9 Å². The Morgan fingerprint density at radius 3 is 1.37 bits per heavy atom. The molecule has 0 saturated carbocycles. The molecule has 0 unspecified atom stereocenters. The molecule has 0 fully saturated rings. The van der Waals surface area contributed by atoms with E-state index in [1.54, 1.807) is 36.4 Å². The smallest absolute Gasteiger partial charge is 0.297 e. The molecule has 0 amide bonds. The summed E-state index contributed by atoms with van der Waals surface area (Å²) in [5.74, 6) is 0. The Bertz CT molecular complexity index is 1770.